The number of fused-ring (bicyclic) bond motifs is 2. The number of pyridine rings is 2. The minimum atomic E-state index is -0.646. The van der Waals surface area contributed by atoms with Crippen LogP contribution in [0, 0.1) is 6.92 Å². The van der Waals surface area contributed by atoms with E-state index in [2.05, 4.69) is 32.7 Å². The number of esters is 1. The Kier molecular flexibility index (Phi) is 8.14. The van der Waals surface area contributed by atoms with Gasteiger partial charge in [0.15, 0.2) is 5.49 Å². The molecule has 39 heavy (non-hydrogen) atoms. The molecule has 0 aliphatic rings. The van der Waals surface area contributed by atoms with Crippen molar-refractivity contribution < 1.29 is 14.3 Å². The molecule has 1 amide bonds. The van der Waals surface area contributed by atoms with Crippen molar-refractivity contribution in [2.45, 2.75) is 72.8 Å². The number of unbranched alkanes of at least 4 members (excludes halogenated alkanes) is 2. The average Bonchev–Trinajstić information content (AvgIpc) is 2.90. The standard InChI is InChI=1S/C31H36N4O4/c1-7-9-10-17-34-26-23(29(37)35-18-11-12-20(3)25(35)32-26)19-24(30(38)39-8-2)27(34)33-28(36)21-13-15-22(16-14-21)31(4,5)6/h11-16,18-19H,7-10,17H2,1-6H3. The van der Waals surface area contributed by atoms with Gasteiger partial charge in [-0.1, -0.05) is 58.7 Å². The predicted octanol–water partition coefficient (Wildman–Crippen LogP) is 5.36. The molecule has 0 aliphatic carbocycles. The lowest BCUT2D eigenvalue weighted by Gasteiger charge is -2.18. The second-order valence-electron chi connectivity index (χ2n) is 10.7. The van der Waals surface area contributed by atoms with E-state index >= 15 is 0 Å². The van der Waals surface area contributed by atoms with Gasteiger partial charge in [0.05, 0.1) is 12.0 Å². The molecule has 0 saturated carbocycles. The summed E-state index contributed by atoms with van der Waals surface area (Å²) in [5.41, 5.74) is 3.07. The smallest absolute Gasteiger partial charge is 0.341 e. The Balaban J connectivity index is 2.05. The van der Waals surface area contributed by atoms with Crippen molar-refractivity contribution in [2.24, 2.45) is 4.99 Å². The van der Waals surface area contributed by atoms with E-state index in [9.17, 15) is 14.4 Å². The number of aromatic nitrogens is 3. The molecule has 0 saturated heterocycles. The zero-order valence-electron chi connectivity index (χ0n) is 23.6. The van der Waals surface area contributed by atoms with E-state index in [-0.39, 0.29) is 34.0 Å². The zero-order chi connectivity index (χ0) is 28.3. The molecule has 0 aliphatic heterocycles. The summed E-state index contributed by atoms with van der Waals surface area (Å²) in [6, 6.07) is 12.5. The van der Waals surface area contributed by atoms with Gasteiger partial charge in [-0.2, -0.15) is 4.99 Å². The molecular weight excluding hydrogens is 492 g/mol. The number of rotatable bonds is 7. The number of ether oxygens (including phenoxy) is 1. The van der Waals surface area contributed by atoms with Gasteiger partial charge in [0.25, 0.3) is 11.5 Å². The maximum atomic E-state index is 13.6. The van der Waals surface area contributed by atoms with E-state index in [4.69, 9.17) is 9.72 Å². The Morgan fingerprint density at radius 1 is 1.03 bits per heavy atom. The monoisotopic (exact) mass is 528 g/mol. The van der Waals surface area contributed by atoms with Crippen molar-refractivity contribution >= 4 is 28.6 Å². The summed E-state index contributed by atoms with van der Waals surface area (Å²) in [7, 11) is 0. The van der Waals surface area contributed by atoms with Gasteiger partial charge < -0.3 is 9.30 Å². The molecule has 8 nitrogen and oxygen atoms in total. The van der Waals surface area contributed by atoms with Crippen molar-refractivity contribution in [3.63, 3.8) is 0 Å². The number of carbonyl (C=O) groups is 2. The van der Waals surface area contributed by atoms with Crippen LogP contribution < -0.4 is 11.0 Å². The van der Waals surface area contributed by atoms with Crippen LogP contribution in [0.3, 0.4) is 0 Å². The third-order valence-corrected chi connectivity index (χ3v) is 6.79. The second kappa shape index (κ2) is 11.4. The summed E-state index contributed by atoms with van der Waals surface area (Å²) in [4.78, 5) is 49.5. The maximum absolute atomic E-state index is 13.6. The molecule has 0 spiro atoms. The van der Waals surface area contributed by atoms with Crippen molar-refractivity contribution in [3.8, 4) is 0 Å². The first-order valence-corrected chi connectivity index (χ1v) is 13.5. The lowest BCUT2D eigenvalue weighted by atomic mass is 9.87. The summed E-state index contributed by atoms with van der Waals surface area (Å²) in [5.74, 6) is -1.13. The Morgan fingerprint density at radius 3 is 2.38 bits per heavy atom. The highest BCUT2D eigenvalue weighted by atomic mass is 16.5. The molecular formula is C31H36N4O4. The van der Waals surface area contributed by atoms with Gasteiger partial charge in [0, 0.05) is 18.3 Å². The SMILES string of the molecule is CCCCCn1c(=NC(=O)c2ccc(C(C)(C)C)cc2)c(C(=O)OCC)cc2c(=O)n3cccc(C)c3nc21. The van der Waals surface area contributed by atoms with E-state index in [1.54, 1.807) is 35.9 Å². The highest BCUT2D eigenvalue weighted by Crippen LogP contribution is 2.22. The molecule has 1 aromatic carbocycles. The van der Waals surface area contributed by atoms with Crippen LogP contribution in [0.15, 0.2) is 58.4 Å². The third-order valence-electron chi connectivity index (χ3n) is 6.79. The van der Waals surface area contributed by atoms with E-state index in [0.717, 1.165) is 30.4 Å². The van der Waals surface area contributed by atoms with Crippen LogP contribution in [-0.2, 0) is 16.7 Å². The molecule has 0 N–H and O–H groups in total. The molecule has 3 heterocycles. The summed E-state index contributed by atoms with van der Waals surface area (Å²) < 4.78 is 8.53. The highest BCUT2D eigenvalue weighted by molar-refractivity contribution is 5.97. The average molecular weight is 529 g/mol. The van der Waals surface area contributed by atoms with Crippen molar-refractivity contribution in [1.29, 1.82) is 0 Å². The zero-order valence-corrected chi connectivity index (χ0v) is 23.6. The minimum absolute atomic E-state index is 0.0585. The Hall–Kier alpha value is -4.07. The van der Waals surface area contributed by atoms with Crippen LogP contribution in [0.5, 0.6) is 0 Å². The van der Waals surface area contributed by atoms with Gasteiger partial charge in [-0.15, -0.1) is 0 Å². The molecule has 0 fully saturated rings. The molecule has 0 unspecified atom stereocenters. The topological polar surface area (TPSA) is 95.0 Å². The lowest BCUT2D eigenvalue weighted by molar-refractivity contribution is 0.0523. The van der Waals surface area contributed by atoms with Crippen LogP contribution in [-0.4, -0.2) is 32.4 Å². The molecule has 4 rings (SSSR count). The van der Waals surface area contributed by atoms with Gasteiger partial charge in [0.1, 0.15) is 16.9 Å². The normalized spacial score (nSPS) is 12.3. The molecule has 0 bridgehead atoms. The van der Waals surface area contributed by atoms with E-state index in [0.29, 0.717) is 23.4 Å². The van der Waals surface area contributed by atoms with Crippen molar-refractivity contribution in [1.82, 2.24) is 14.0 Å². The van der Waals surface area contributed by atoms with Crippen LogP contribution in [0.25, 0.3) is 16.7 Å². The largest absolute Gasteiger partial charge is 0.462 e. The molecule has 204 valence electrons. The first kappa shape index (κ1) is 28.0. The first-order chi connectivity index (χ1) is 18.6. The van der Waals surface area contributed by atoms with Crippen LogP contribution >= 0.6 is 0 Å². The Bertz CT molecular complexity index is 1670. The molecule has 4 aromatic rings. The first-order valence-electron chi connectivity index (χ1n) is 13.5. The Morgan fingerprint density at radius 2 is 1.74 bits per heavy atom. The van der Waals surface area contributed by atoms with E-state index in [1.165, 1.54) is 10.5 Å². The summed E-state index contributed by atoms with van der Waals surface area (Å²) in [5, 5.41) is 0.263. The van der Waals surface area contributed by atoms with Gasteiger partial charge in [-0.25, -0.2) is 9.78 Å². The van der Waals surface area contributed by atoms with Gasteiger partial charge in [-0.05, 0) is 61.1 Å². The lowest BCUT2D eigenvalue weighted by Crippen LogP contribution is -2.33. The highest BCUT2D eigenvalue weighted by Gasteiger charge is 2.21. The minimum Gasteiger partial charge on any atom is -0.462 e. The Labute approximate surface area is 228 Å². The van der Waals surface area contributed by atoms with Crippen molar-refractivity contribution in [2.75, 3.05) is 6.61 Å². The maximum Gasteiger partial charge on any atom is 0.341 e. The van der Waals surface area contributed by atoms with Crippen molar-refractivity contribution in [3.05, 3.63) is 86.8 Å². The number of hydrogen-bond acceptors (Lipinski definition) is 5. The van der Waals surface area contributed by atoms with Gasteiger partial charge >= 0.3 is 5.97 Å². The fraction of sp³-hybridized carbons (Fsp3) is 0.387. The molecule has 0 radical (unpaired) electrons. The number of benzene rings is 1. The molecule has 0 atom stereocenters. The predicted molar refractivity (Wildman–Crippen MR) is 152 cm³/mol. The number of amides is 1. The van der Waals surface area contributed by atoms with E-state index in [1.807, 2.05) is 25.1 Å². The number of hydrogen-bond donors (Lipinski definition) is 0. The quantitative estimate of drug-likeness (QED) is 0.183. The fourth-order valence-electron chi connectivity index (χ4n) is 4.57. The van der Waals surface area contributed by atoms with E-state index < -0.39 is 11.9 Å². The molecule has 8 heteroatoms. The fourth-order valence-corrected chi connectivity index (χ4v) is 4.57. The number of aryl methyl sites for hydroxylation is 2. The summed E-state index contributed by atoms with van der Waals surface area (Å²) in [6.07, 6.45) is 4.31. The summed E-state index contributed by atoms with van der Waals surface area (Å²) in [6.45, 7) is 12.6. The van der Waals surface area contributed by atoms with Crippen LogP contribution in [0.4, 0.5) is 0 Å². The number of carbonyl (C=O) groups excluding carboxylic acids is 2. The van der Waals surface area contributed by atoms with Crippen LogP contribution in [0.2, 0.25) is 0 Å². The second-order valence-corrected chi connectivity index (χ2v) is 10.7. The van der Waals surface area contributed by atoms with Gasteiger partial charge in [0.2, 0.25) is 0 Å². The molecule has 3 aromatic heterocycles. The van der Waals surface area contributed by atoms with Gasteiger partial charge in [-0.3, -0.25) is 14.0 Å². The third kappa shape index (κ3) is 5.70. The number of nitrogens with zero attached hydrogens (tertiary/aromatic N) is 4. The summed E-state index contributed by atoms with van der Waals surface area (Å²) >= 11 is 0. The van der Waals surface area contributed by atoms with Crippen LogP contribution in [0.1, 0.15) is 85.7 Å².